The lowest BCUT2D eigenvalue weighted by Gasteiger charge is -2.39. The van der Waals surface area contributed by atoms with Crippen LogP contribution in [0.4, 0.5) is 4.39 Å². The molecule has 2 aromatic carbocycles. The number of hydrogen-bond donors (Lipinski definition) is 2. The Balaban J connectivity index is 1.28. The quantitative estimate of drug-likeness (QED) is 0.145. The van der Waals surface area contributed by atoms with E-state index in [1.165, 1.54) is 11.5 Å². The van der Waals surface area contributed by atoms with Crippen molar-refractivity contribution in [2.75, 3.05) is 6.54 Å². The van der Waals surface area contributed by atoms with E-state index in [2.05, 4.69) is 33.3 Å². The van der Waals surface area contributed by atoms with Crippen molar-refractivity contribution in [3.63, 3.8) is 0 Å². The first kappa shape index (κ1) is 36.0. The average molecular weight is 788 g/mol. The SMILES string of the molecule is Cc1cc(COC2CC(c3cc4c(C(C)O)nc5c(F)c(-c6cccc(Cl)c6Cl)c(CCC#N)cc5c4n3C3C4CNC3C4)N(C(=O)C3CC3)C2C)ns1. The molecule has 13 heteroatoms. The molecule has 2 saturated carbocycles. The molecule has 5 aliphatic rings. The molecule has 280 valence electrons. The van der Waals surface area contributed by atoms with Crippen molar-refractivity contribution in [2.45, 2.75) is 102 Å². The van der Waals surface area contributed by atoms with Crippen molar-refractivity contribution < 1.29 is 19.0 Å². The lowest BCUT2D eigenvalue weighted by molar-refractivity contribution is -0.136. The third-order valence-corrected chi connectivity index (χ3v) is 13.6. The summed E-state index contributed by atoms with van der Waals surface area (Å²) in [5.41, 5.74) is 4.37. The Morgan fingerprint density at radius 1 is 1.22 bits per heavy atom. The maximum atomic E-state index is 17.4. The number of amides is 1. The Hall–Kier alpha value is -3.63. The molecule has 0 spiro atoms. The molecule has 2 aliphatic carbocycles. The van der Waals surface area contributed by atoms with Gasteiger partial charge in [-0.3, -0.25) is 4.79 Å². The van der Waals surface area contributed by atoms with Crippen molar-refractivity contribution in [2.24, 2.45) is 11.8 Å². The van der Waals surface area contributed by atoms with Crippen LogP contribution in [0.2, 0.25) is 10.0 Å². The van der Waals surface area contributed by atoms with Crippen molar-refractivity contribution in [1.82, 2.24) is 24.1 Å². The zero-order valence-corrected chi connectivity index (χ0v) is 32.6. The summed E-state index contributed by atoms with van der Waals surface area (Å²) in [7, 11) is 0. The van der Waals surface area contributed by atoms with Gasteiger partial charge in [0.1, 0.15) is 5.52 Å². The van der Waals surface area contributed by atoms with Crippen LogP contribution >= 0.6 is 34.7 Å². The maximum Gasteiger partial charge on any atom is 0.226 e. The number of fused-ring (bicyclic) bond motifs is 4. The summed E-state index contributed by atoms with van der Waals surface area (Å²) in [6.07, 6.45) is 2.58. The fourth-order valence-electron chi connectivity index (χ4n) is 9.33. The van der Waals surface area contributed by atoms with E-state index < -0.39 is 11.9 Å². The molecule has 0 radical (unpaired) electrons. The highest BCUT2D eigenvalue weighted by Crippen LogP contribution is 2.52. The van der Waals surface area contributed by atoms with Gasteiger partial charge in [0.15, 0.2) is 5.82 Å². The van der Waals surface area contributed by atoms with Gasteiger partial charge in [0.25, 0.3) is 0 Å². The highest BCUT2D eigenvalue weighted by atomic mass is 35.5. The summed E-state index contributed by atoms with van der Waals surface area (Å²) in [6, 6.07) is 13.2. The first-order valence-electron chi connectivity index (χ1n) is 18.8. The monoisotopic (exact) mass is 786 g/mol. The fourth-order valence-corrected chi connectivity index (χ4v) is 10.3. The molecule has 2 N–H and O–H groups in total. The van der Waals surface area contributed by atoms with E-state index in [-0.39, 0.29) is 71.0 Å². The lowest BCUT2D eigenvalue weighted by atomic mass is 9.79. The number of hydrogen-bond acceptors (Lipinski definition) is 8. The Morgan fingerprint density at radius 2 is 2.04 bits per heavy atom. The number of aryl methyl sites for hydroxylation is 2. The van der Waals surface area contributed by atoms with Gasteiger partial charge in [-0.15, -0.1) is 0 Å². The number of carbonyl (C=O) groups is 1. The molecular formula is C41H41Cl2FN6O3S. The number of nitriles is 1. The molecule has 7 unspecified atom stereocenters. The zero-order chi connectivity index (χ0) is 37.6. The Morgan fingerprint density at radius 3 is 2.70 bits per heavy atom. The van der Waals surface area contributed by atoms with Gasteiger partial charge in [-0.05, 0) is 93.7 Å². The molecule has 9 nitrogen and oxygen atoms in total. The molecule has 2 bridgehead atoms. The van der Waals surface area contributed by atoms with Crippen molar-refractivity contribution in [3.05, 3.63) is 79.8 Å². The van der Waals surface area contributed by atoms with Crippen LogP contribution in [-0.4, -0.2) is 54.6 Å². The largest absolute Gasteiger partial charge is 0.387 e. The van der Waals surface area contributed by atoms with Crippen molar-refractivity contribution in [1.29, 1.82) is 5.26 Å². The predicted octanol–water partition coefficient (Wildman–Crippen LogP) is 8.77. The Labute approximate surface area is 327 Å². The van der Waals surface area contributed by atoms with E-state index >= 15 is 4.39 Å². The van der Waals surface area contributed by atoms with Crippen LogP contribution in [0.5, 0.6) is 0 Å². The van der Waals surface area contributed by atoms with Gasteiger partial charge in [-0.2, -0.15) is 9.64 Å². The molecule has 54 heavy (non-hydrogen) atoms. The highest BCUT2D eigenvalue weighted by molar-refractivity contribution is 7.05. The van der Waals surface area contributed by atoms with Crippen LogP contribution in [-0.2, 0) is 22.6 Å². The van der Waals surface area contributed by atoms with Gasteiger partial charge < -0.3 is 24.6 Å². The summed E-state index contributed by atoms with van der Waals surface area (Å²) in [4.78, 5) is 22.3. The predicted molar refractivity (Wildman–Crippen MR) is 208 cm³/mol. The maximum absolute atomic E-state index is 17.4. The molecule has 5 aromatic rings. The number of halogens is 3. The second-order valence-corrected chi connectivity index (χ2v) is 17.3. The molecule has 3 aromatic heterocycles. The van der Waals surface area contributed by atoms with Crippen LogP contribution < -0.4 is 5.32 Å². The number of pyridine rings is 1. The molecule has 3 aliphatic heterocycles. The highest BCUT2D eigenvalue weighted by Gasteiger charge is 2.52. The number of rotatable bonds is 10. The average Bonchev–Trinajstić information content (AvgIpc) is 3.50. The standard InChI is InChI=1S/C41H41Cl2FN6O3S/c1-19-12-25(48-54-19)18-53-33-16-32(49(20(33)2)41(52)22-9-10-22)31-15-28-37(21(3)51)47-38-27(40(28)50(31)39-24-14-30(39)46-17-24)13-23(6-5-11-45)34(36(38)44)26-7-4-8-29(42)35(26)43/h4,7-8,12-13,15,20-22,24,30,32-33,39,46,51H,5-6,9-10,14,16-18H2,1-3H3. The van der Waals surface area contributed by atoms with E-state index in [4.69, 9.17) is 32.9 Å². The third-order valence-electron chi connectivity index (χ3n) is 12.1. The number of aromatic nitrogens is 3. The summed E-state index contributed by atoms with van der Waals surface area (Å²) in [6.45, 7) is 6.98. The Bertz CT molecular complexity index is 2350. The lowest BCUT2D eigenvalue weighted by Crippen LogP contribution is -2.43. The van der Waals surface area contributed by atoms with Gasteiger partial charge in [0.05, 0.1) is 70.0 Å². The number of aliphatic hydroxyl groups is 1. The van der Waals surface area contributed by atoms with Gasteiger partial charge in [-0.25, -0.2) is 9.37 Å². The molecule has 5 fully saturated rings. The summed E-state index contributed by atoms with van der Waals surface area (Å²) < 4.78 is 30.8. The smallest absolute Gasteiger partial charge is 0.226 e. The number of carbonyl (C=O) groups excluding carboxylic acids is 1. The van der Waals surface area contributed by atoms with Gasteiger partial charge in [0.2, 0.25) is 5.91 Å². The van der Waals surface area contributed by atoms with E-state index in [1.807, 2.05) is 24.0 Å². The zero-order valence-electron chi connectivity index (χ0n) is 30.3. The minimum Gasteiger partial charge on any atom is -0.387 e. The first-order chi connectivity index (χ1) is 26.0. The molecule has 3 saturated heterocycles. The fraction of sp³-hybridized carbons (Fsp3) is 0.463. The van der Waals surface area contributed by atoms with Crippen LogP contribution in [0.25, 0.3) is 32.9 Å². The Kier molecular flexibility index (Phi) is 9.23. The number of nitrogens with zero attached hydrogens (tertiary/aromatic N) is 5. The second kappa shape index (κ2) is 13.8. The number of aliphatic hydroxyl groups excluding tert-OH is 1. The number of benzene rings is 2. The van der Waals surface area contributed by atoms with E-state index in [1.54, 1.807) is 25.1 Å². The van der Waals surface area contributed by atoms with E-state index in [0.29, 0.717) is 46.2 Å². The van der Waals surface area contributed by atoms with Crippen molar-refractivity contribution in [3.8, 4) is 17.2 Å². The van der Waals surface area contributed by atoms with Gasteiger partial charge in [0, 0.05) is 63.8 Å². The van der Waals surface area contributed by atoms with Crippen LogP contribution in [0.1, 0.15) is 91.7 Å². The van der Waals surface area contributed by atoms with Gasteiger partial charge >= 0.3 is 0 Å². The van der Waals surface area contributed by atoms with Crippen LogP contribution in [0, 0.1) is 35.9 Å². The minimum atomic E-state index is -1.02. The summed E-state index contributed by atoms with van der Waals surface area (Å²) in [5.74, 6) is -0.0934. The van der Waals surface area contributed by atoms with Crippen LogP contribution in [0.15, 0.2) is 36.4 Å². The number of ether oxygens (including phenoxy) is 1. The molecule has 6 heterocycles. The molecular weight excluding hydrogens is 746 g/mol. The number of likely N-dealkylation sites (tertiary alicyclic amines) is 1. The third kappa shape index (κ3) is 5.84. The van der Waals surface area contributed by atoms with E-state index in [9.17, 15) is 15.2 Å². The number of nitrogens with one attached hydrogen (secondary N) is 1. The van der Waals surface area contributed by atoms with Crippen LogP contribution in [0.3, 0.4) is 0 Å². The molecule has 10 rings (SSSR count). The van der Waals surface area contributed by atoms with E-state index in [0.717, 1.165) is 53.0 Å². The summed E-state index contributed by atoms with van der Waals surface area (Å²) in [5, 5.41) is 26.5. The molecule has 1 amide bonds. The normalized spacial score (nSPS) is 25.4. The molecule has 7 atom stereocenters. The second-order valence-electron chi connectivity index (χ2n) is 15.5. The topological polar surface area (TPSA) is 116 Å². The van der Waals surface area contributed by atoms with Crippen molar-refractivity contribution >= 4 is 62.4 Å². The summed E-state index contributed by atoms with van der Waals surface area (Å²) >= 11 is 14.6. The van der Waals surface area contributed by atoms with Gasteiger partial charge in [-0.1, -0.05) is 35.3 Å². The minimum absolute atomic E-state index is 0.00156. The first-order valence-corrected chi connectivity index (χ1v) is 20.4.